The number of hydrogen-bond donors (Lipinski definition) is 1. The topological polar surface area (TPSA) is 88.3 Å². The smallest absolute Gasteiger partial charge is 0.244 e. The number of rotatable bonds is 5. The lowest BCUT2D eigenvalue weighted by molar-refractivity contribution is 0.346. The largest absolute Gasteiger partial charge is 0.363 e. The number of pyridine rings is 1. The fourth-order valence-electron chi connectivity index (χ4n) is 3.27. The van der Waals surface area contributed by atoms with E-state index in [1.165, 1.54) is 6.20 Å². The molecule has 0 bridgehead atoms. The lowest BCUT2D eigenvalue weighted by Gasteiger charge is -2.25. The highest BCUT2D eigenvalue weighted by molar-refractivity contribution is 7.89. The molecular formula is C17H24N4O3S. The van der Waals surface area contributed by atoms with Crippen molar-refractivity contribution in [2.24, 2.45) is 0 Å². The van der Waals surface area contributed by atoms with Gasteiger partial charge in [-0.25, -0.2) is 13.4 Å². The third-order valence-corrected chi connectivity index (χ3v) is 6.46. The number of nitrogens with one attached hydrogen (secondary N) is 1. The van der Waals surface area contributed by atoms with Crippen LogP contribution in [0.15, 0.2) is 27.7 Å². The third-order valence-electron chi connectivity index (χ3n) is 4.58. The third kappa shape index (κ3) is 3.69. The zero-order chi connectivity index (χ0) is 18.0. The van der Waals surface area contributed by atoms with Crippen molar-refractivity contribution in [3.8, 4) is 0 Å². The van der Waals surface area contributed by atoms with E-state index in [9.17, 15) is 8.42 Å². The predicted molar refractivity (Wildman–Crippen MR) is 94.9 cm³/mol. The molecule has 25 heavy (non-hydrogen) atoms. The van der Waals surface area contributed by atoms with Crippen molar-refractivity contribution in [1.82, 2.24) is 14.4 Å². The maximum atomic E-state index is 12.6. The molecular weight excluding hydrogens is 340 g/mol. The van der Waals surface area contributed by atoms with Crippen molar-refractivity contribution < 1.29 is 12.9 Å². The zero-order valence-corrected chi connectivity index (χ0v) is 15.6. The van der Waals surface area contributed by atoms with Crippen molar-refractivity contribution in [3.63, 3.8) is 0 Å². The van der Waals surface area contributed by atoms with E-state index in [0.29, 0.717) is 18.9 Å². The molecule has 1 aliphatic heterocycles. The van der Waals surface area contributed by atoms with Gasteiger partial charge in [-0.1, -0.05) is 11.6 Å². The van der Waals surface area contributed by atoms with Gasteiger partial charge in [-0.05, 0) is 45.7 Å². The number of aromatic nitrogens is 2. The molecule has 0 radical (unpaired) electrons. The quantitative estimate of drug-likeness (QED) is 0.877. The zero-order valence-electron chi connectivity index (χ0n) is 14.8. The lowest BCUT2D eigenvalue weighted by atomic mass is 10.1. The first-order valence-electron chi connectivity index (χ1n) is 8.55. The van der Waals surface area contributed by atoms with Gasteiger partial charge in [0.1, 0.15) is 16.5 Å². The maximum absolute atomic E-state index is 12.6. The second-order valence-corrected chi connectivity index (χ2v) is 8.39. The van der Waals surface area contributed by atoms with E-state index in [-0.39, 0.29) is 10.9 Å². The van der Waals surface area contributed by atoms with Gasteiger partial charge in [-0.2, -0.15) is 4.31 Å². The monoisotopic (exact) mass is 364 g/mol. The molecule has 0 aliphatic carbocycles. The maximum Gasteiger partial charge on any atom is 0.244 e. The van der Waals surface area contributed by atoms with E-state index in [1.807, 2.05) is 20.8 Å². The van der Waals surface area contributed by atoms with Crippen LogP contribution in [0.2, 0.25) is 0 Å². The number of aryl methyl sites for hydroxylation is 2. The normalized spacial score (nSPS) is 17.4. The highest BCUT2D eigenvalue weighted by atomic mass is 32.2. The minimum Gasteiger partial charge on any atom is -0.363 e. The predicted octanol–water partition coefficient (Wildman–Crippen LogP) is 3.03. The van der Waals surface area contributed by atoms with Gasteiger partial charge in [0.15, 0.2) is 0 Å². The molecule has 0 saturated carbocycles. The van der Waals surface area contributed by atoms with Crippen molar-refractivity contribution >= 4 is 15.8 Å². The average molecular weight is 364 g/mol. The summed E-state index contributed by atoms with van der Waals surface area (Å²) in [6.45, 7) is 6.93. The van der Waals surface area contributed by atoms with Crippen LogP contribution in [0.1, 0.15) is 49.2 Å². The summed E-state index contributed by atoms with van der Waals surface area (Å²) in [7, 11) is -3.45. The molecule has 136 valence electrons. The van der Waals surface area contributed by atoms with Crippen LogP contribution < -0.4 is 5.32 Å². The number of piperidine rings is 1. The van der Waals surface area contributed by atoms with E-state index in [1.54, 1.807) is 16.4 Å². The van der Waals surface area contributed by atoms with Gasteiger partial charge in [0.2, 0.25) is 10.0 Å². The van der Waals surface area contributed by atoms with E-state index in [4.69, 9.17) is 4.52 Å². The molecule has 0 amide bonds. The SMILES string of the molecule is Cc1noc(C)c1C(C)Nc1ccc(S(=O)(=O)N2CCCCC2)cn1. The fourth-order valence-corrected chi connectivity index (χ4v) is 4.74. The van der Waals surface area contributed by atoms with Crippen LogP contribution in [-0.2, 0) is 10.0 Å². The van der Waals surface area contributed by atoms with Crippen LogP contribution in [0.4, 0.5) is 5.82 Å². The Morgan fingerprint density at radius 1 is 1.20 bits per heavy atom. The summed E-state index contributed by atoms with van der Waals surface area (Å²) in [6, 6.07) is 3.27. The van der Waals surface area contributed by atoms with Gasteiger partial charge in [-0.3, -0.25) is 0 Å². The second kappa shape index (κ2) is 7.13. The first-order chi connectivity index (χ1) is 11.9. The van der Waals surface area contributed by atoms with Gasteiger partial charge >= 0.3 is 0 Å². The average Bonchev–Trinajstić information content (AvgIpc) is 2.95. The van der Waals surface area contributed by atoms with Crippen molar-refractivity contribution in [1.29, 1.82) is 0 Å². The Bertz CT molecular complexity index is 805. The van der Waals surface area contributed by atoms with Gasteiger partial charge in [-0.15, -0.1) is 0 Å². The van der Waals surface area contributed by atoms with Crippen LogP contribution in [0.3, 0.4) is 0 Å². The molecule has 2 aromatic heterocycles. The summed E-state index contributed by atoms with van der Waals surface area (Å²) in [6.07, 6.45) is 4.35. The Morgan fingerprint density at radius 3 is 2.48 bits per heavy atom. The van der Waals surface area contributed by atoms with Crippen LogP contribution in [-0.4, -0.2) is 36.0 Å². The Balaban J connectivity index is 1.74. The van der Waals surface area contributed by atoms with E-state index in [2.05, 4.69) is 15.5 Å². The Morgan fingerprint density at radius 2 is 1.92 bits per heavy atom. The van der Waals surface area contributed by atoms with Gasteiger partial charge in [0, 0.05) is 24.8 Å². The molecule has 3 heterocycles. The molecule has 1 atom stereocenters. The number of anilines is 1. The second-order valence-electron chi connectivity index (χ2n) is 6.45. The number of sulfonamides is 1. The lowest BCUT2D eigenvalue weighted by Crippen LogP contribution is -2.35. The Hall–Kier alpha value is -1.93. The summed E-state index contributed by atoms with van der Waals surface area (Å²) in [5, 5.41) is 7.22. The van der Waals surface area contributed by atoms with Crippen molar-refractivity contribution in [2.45, 2.75) is 51.0 Å². The number of nitrogens with zero attached hydrogens (tertiary/aromatic N) is 3. The minimum atomic E-state index is -3.45. The molecule has 1 saturated heterocycles. The molecule has 3 rings (SSSR count). The molecule has 1 unspecified atom stereocenters. The molecule has 0 aromatic carbocycles. The van der Waals surface area contributed by atoms with Crippen LogP contribution >= 0.6 is 0 Å². The minimum absolute atomic E-state index is 0.0386. The molecule has 1 aliphatic rings. The Kier molecular flexibility index (Phi) is 5.10. The highest BCUT2D eigenvalue weighted by Crippen LogP contribution is 2.25. The highest BCUT2D eigenvalue weighted by Gasteiger charge is 2.26. The van der Waals surface area contributed by atoms with Crippen molar-refractivity contribution in [2.75, 3.05) is 18.4 Å². The summed E-state index contributed by atoms with van der Waals surface area (Å²) >= 11 is 0. The summed E-state index contributed by atoms with van der Waals surface area (Å²) < 4.78 is 32.0. The first-order valence-corrected chi connectivity index (χ1v) is 9.99. The van der Waals surface area contributed by atoms with E-state index in [0.717, 1.165) is 36.3 Å². The summed E-state index contributed by atoms with van der Waals surface area (Å²) in [5.41, 5.74) is 1.83. The van der Waals surface area contributed by atoms with Crippen LogP contribution in [0, 0.1) is 13.8 Å². The molecule has 7 nitrogen and oxygen atoms in total. The molecule has 1 N–H and O–H groups in total. The summed E-state index contributed by atoms with van der Waals surface area (Å²) in [4.78, 5) is 4.52. The van der Waals surface area contributed by atoms with Gasteiger partial charge in [0.05, 0.1) is 11.7 Å². The van der Waals surface area contributed by atoms with Gasteiger partial charge in [0.25, 0.3) is 0 Å². The molecule has 0 spiro atoms. The van der Waals surface area contributed by atoms with E-state index < -0.39 is 10.0 Å². The molecule has 8 heteroatoms. The number of hydrogen-bond acceptors (Lipinski definition) is 6. The first kappa shape index (κ1) is 17.9. The molecule has 1 fully saturated rings. The summed E-state index contributed by atoms with van der Waals surface area (Å²) in [5.74, 6) is 1.38. The van der Waals surface area contributed by atoms with Crippen LogP contribution in [0.25, 0.3) is 0 Å². The van der Waals surface area contributed by atoms with Crippen molar-refractivity contribution in [3.05, 3.63) is 35.3 Å². The Labute approximate surface area is 148 Å². The fraction of sp³-hybridized carbons (Fsp3) is 0.529. The van der Waals surface area contributed by atoms with E-state index >= 15 is 0 Å². The molecule has 2 aromatic rings. The van der Waals surface area contributed by atoms with Crippen LogP contribution in [0.5, 0.6) is 0 Å². The van der Waals surface area contributed by atoms with Gasteiger partial charge < -0.3 is 9.84 Å². The standard InChI is InChI=1S/C17H24N4O3S/c1-12(17-13(2)20-24-14(17)3)19-16-8-7-15(11-18-16)25(22,23)21-9-5-4-6-10-21/h7-8,11-12H,4-6,9-10H2,1-3H3,(H,18,19).